The highest BCUT2D eigenvalue weighted by Gasteiger charge is 2.27. The number of aromatic carboxylic acids is 1. The number of nitrogens with zero attached hydrogens (tertiary/aromatic N) is 1. The molecular weight excluding hydrogens is 270 g/mol. The van der Waals surface area contributed by atoms with Crippen LogP contribution in [-0.4, -0.2) is 28.7 Å². The van der Waals surface area contributed by atoms with Gasteiger partial charge in [0.2, 0.25) is 5.88 Å². The highest BCUT2D eigenvalue weighted by Crippen LogP contribution is 2.30. The first-order chi connectivity index (χ1) is 10.1. The molecule has 6 nitrogen and oxygen atoms in total. The van der Waals surface area contributed by atoms with E-state index in [0.29, 0.717) is 18.1 Å². The molecule has 0 saturated carbocycles. The van der Waals surface area contributed by atoms with Gasteiger partial charge in [-0.1, -0.05) is 30.3 Å². The molecule has 0 amide bonds. The lowest BCUT2D eigenvalue weighted by atomic mass is 10.0. The lowest BCUT2D eigenvalue weighted by molar-refractivity contribution is 0.0696. The van der Waals surface area contributed by atoms with Gasteiger partial charge in [-0.25, -0.2) is 9.78 Å². The third-order valence-electron chi connectivity index (χ3n) is 3.44. The van der Waals surface area contributed by atoms with E-state index >= 15 is 0 Å². The first-order valence-corrected chi connectivity index (χ1v) is 6.59. The van der Waals surface area contributed by atoms with E-state index in [1.54, 1.807) is 0 Å². The largest absolute Gasteiger partial charge is 0.478 e. The number of ether oxygens (including phenoxy) is 1. The van der Waals surface area contributed by atoms with Crippen LogP contribution in [0.1, 0.15) is 22.0 Å². The molecule has 6 heteroatoms. The Morgan fingerprint density at radius 3 is 2.90 bits per heavy atom. The maximum Gasteiger partial charge on any atom is 0.337 e. The molecule has 0 saturated heterocycles. The number of aromatic nitrogens is 1. The van der Waals surface area contributed by atoms with Crippen molar-refractivity contribution in [1.29, 1.82) is 0 Å². The molecule has 1 aromatic carbocycles. The number of rotatable bonds is 3. The van der Waals surface area contributed by atoms with Gasteiger partial charge in [-0.3, -0.25) is 0 Å². The van der Waals surface area contributed by atoms with Gasteiger partial charge in [0.05, 0.1) is 23.8 Å². The zero-order valence-electron chi connectivity index (χ0n) is 11.2. The number of anilines is 1. The van der Waals surface area contributed by atoms with Crippen LogP contribution < -0.4 is 15.8 Å². The van der Waals surface area contributed by atoms with Crippen molar-refractivity contribution in [1.82, 2.24) is 4.98 Å². The summed E-state index contributed by atoms with van der Waals surface area (Å²) < 4.78 is 5.79. The third kappa shape index (κ3) is 2.66. The molecule has 0 radical (unpaired) electrons. The normalized spacial score (nSPS) is 18.0. The van der Waals surface area contributed by atoms with E-state index in [9.17, 15) is 4.79 Å². The fourth-order valence-corrected chi connectivity index (χ4v) is 2.28. The number of fused-ring (bicyclic) bond motifs is 1. The minimum Gasteiger partial charge on any atom is -0.478 e. The number of pyridine rings is 1. The minimum atomic E-state index is -1.02. The van der Waals surface area contributed by atoms with Crippen molar-refractivity contribution in [3.05, 3.63) is 53.7 Å². The highest BCUT2D eigenvalue weighted by molar-refractivity contribution is 5.88. The van der Waals surface area contributed by atoms with Crippen molar-refractivity contribution in [2.75, 3.05) is 11.9 Å². The average Bonchev–Trinajstić information content (AvgIpc) is 2.54. The van der Waals surface area contributed by atoms with Gasteiger partial charge >= 0.3 is 5.97 Å². The Balaban J connectivity index is 1.80. The highest BCUT2D eigenvalue weighted by atomic mass is 16.5. The van der Waals surface area contributed by atoms with Crippen LogP contribution in [0.2, 0.25) is 0 Å². The Labute approximate surface area is 121 Å². The molecule has 108 valence electrons. The molecule has 1 aliphatic rings. The predicted octanol–water partition coefficient (Wildman–Crippen LogP) is 1.65. The van der Waals surface area contributed by atoms with E-state index in [2.05, 4.69) is 10.3 Å². The molecule has 1 aliphatic heterocycles. The summed E-state index contributed by atoms with van der Waals surface area (Å²) in [7, 11) is 0. The molecule has 2 aromatic rings. The first kappa shape index (κ1) is 13.4. The maximum atomic E-state index is 10.9. The smallest absolute Gasteiger partial charge is 0.337 e. The molecular formula is C15H15N3O3. The van der Waals surface area contributed by atoms with Gasteiger partial charge in [-0.2, -0.15) is 0 Å². The van der Waals surface area contributed by atoms with Crippen LogP contribution in [0.4, 0.5) is 5.69 Å². The fraction of sp³-hybridized carbons (Fsp3) is 0.200. The van der Waals surface area contributed by atoms with Gasteiger partial charge < -0.3 is 20.9 Å². The van der Waals surface area contributed by atoms with Crippen LogP contribution in [0.3, 0.4) is 0 Å². The summed E-state index contributed by atoms with van der Waals surface area (Å²) in [5.74, 6) is -0.641. The third-order valence-corrected chi connectivity index (χ3v) is 3.44. The molecule has 3 rings (SSSR count). The van der Waals surface area contributed by atoms with Crippen molar-refractivity contribution in [2.45, 2.75) is 12.1 Å². The van der Waals surface area contributed by atoms with Gasteiger partial charge in [-0.15, -0.1) is 0 Å². The van der Waals surface area contributed by atoms with Crippen molar-refractivity contribution in [2.24, 2.45) is 5.73 Å². The summed E-state index contributed by atoms with van der Waals surface area (Å²) in [6.45, 7) is 0.494. The second-order valence-electron chi connectivity index (χ2n) is 4.86. The van der Waals surface area contributed by atoms with Gasteiger partial charge in [-0.05, 0) is 11.6 Å². The van der Waals surface area contributed by atoms with Crippen LogP contribution in [0.25, 0.3) is 0 Å². The molecule has 0 aliphatic carbocycles. The van der Waals surface area contributed by atoms with Crippen molar-refractivity contribution < 1.29 is 14.6 Å². The van der Waals surface area contributed by atoms with Crippen LogP contribution >= 0.6 is 0 Å². The minimum absolute atomic E-state index is 0.121. The molecule has 0 unspecified atom stereocenters. The van der Waals surface area contributed by atoms with Gasteiger partial charge in [0, 0.05) is 6.20 Å². The maximum absolute atomic E-state index is 10.9. The molecule has 2 heterocycles. The van der Waals surface area contributed by atoms with Crippen LogP contribution in [0.5, 0.6) is 5.88 Å². The first-order valence-electron chi connectivity index (χ1n) is 6.59. The zero-order valence-corrected chi connectivity index (χ0v) is 11.2. The summed E-state index contributed by atoms with van der Waals surface area (Å²) in [5.41, 5.74) is 7.90. The van der Waals surface area contributed by atoms with Gasteiger partial charge in [0.1, 0.15) is 6.10 Å². The Morgan fingerprint density at radius 2 is 2.19 bits per heavy atom. The lowest BCUT2D eigenvalue weighted by Crippen LogP contribution is -2.40. The van der Waals surface area contributed by atoms with Gasteiger partial charge in [0.15, 0.2) is 0 Å². The topological polar surface area (TPSA) is 97.5 Å². The van der Waals surface area contributed by atoms with Crippen LogP contribution in [-0.2, 0) is 0 Å². The number of nitrogens with two attached hydrogens (primary N) is 1. The molecule has 0 spiro atoms. The summed E-state index contributed by atoms with van der Waals surface area (Å²) in [6.07, 6.45) is 1.02. The SMILES string of the molecule is N[C@H](c1ccccc1)[C@@H]1CNc2cc(C(=O)O)cnc2O1. The second kappa shape index (κ2) is 5.41. The zero-order chi connectivity index (χ0) is 14.8. The number of carboxylic acid groups (broad SMARTS) is 1. The van der Waals surface area contributed by atoms with Crippen molar-refractivity contribution in [3.63, 3.8) is 0 Å². The number of carboxylic acids is 1. The number of carbonyl (C=O) groups is 1. The quantitative estimate of drug-likeness (QED) is 0.793. The molecule has 0 fully saturated rings. The van der Waals surface area contributed by atoms with Crippen LogP contribution in [0, 0.1) is 0 Å². The monoisotopic (exact) mass is 285 g/mol. The van der Waals surface area contributed by atoms with E-state index in [0.717, 1.165) is 5.56 Å². The summed E-state index contributed by atoms with van der Waals surface area (Å²) in [4.78, 5) is 15.0. The van der Waals surface area contributed by atoms with E-state index < -0.39 is 5.97 Å². The number of hydrogen-bond donors (Lipinski definition) is 3. The number of hydrogen-bond acceptors (Lipinski definition) is 5. The van der Waals surface area contributed by atoms with Gasteiger partial charge in [0.25, 0.3) is 0 Å². The van der Waals surface area contributed by atoms with E-state index in [-0.39, 0.29) is 17.7 Å². The molecule has 2 atom stereocenters. The van der Waals surface area contributed by atoms with E-state index in [1.807, 2.05) is 30.3 Å². The van der Waals surface area contributed by atoms with E-state index in [1.165, 1.54) is 12.3 Å². The lowest BCUT2D eigenvalue weighted by Gasteiger charge is -2.30. The Hall–Kier alpha value is -2.60. The van der Waals surface area contributed by atoms with Crippen LogP contribution in [0.15, 0.2) is 42.6 Å². The molecule has 4 N–H and O–H groups in total. The standard InChI is InChI=1S/C15H15N3O3/c16-13(9-4-2-1-3-5-9)12-8-17-11-6-10(15(19)20)7-18-14(11)21-12/h1-7,12-13,17H,8,16H2,(H,19,20)/t12-,13+/m0/s1. The Morgan fingerprint density at radius 1 is 1.43 bits per heavy atom. The predicted molar refractivity (Wildman–Crippen MR) is 77.5 cm³/mol. The summed E-state index contributed by atoms with van der Waals surface area (Å²) >= 11 is 0. The molecule has 1 aromatic heterocycles. The Bertz CT molecular complexity index is 660. The summed E-state index contributed by atoms with van der Waals surface area (Å²) in [6, 6.07) is 10.9. The Kier molecular flexibility index (Phi) is 3.45. The average molecular weight is 285 g/mol. The summed E-state index contributed by atoms with van der Waals surface area (Å²) in [5, 5.41) is 12.1. The van der Waals surface area contributed by atoms with E-state index in [4.69, 9.17) is 15.6 Å². The molecule has 21 heavy (non-hydrogen) atoms. The second-order valence-corrected chi connectivity index (χ2v) is 4.86. The fourth-order valence-electron chi connectivity index (χ4n) is 2.28. The molecule has 0 bridgehead atoms. The van der Waals surface area contributed by atoms with Crippen molar-refractivity contribution in [3.8, 4) is 5.88 Å². The number of benzene rings is 1. The number of nitrogens with one attached hydrogen (secondary N) is 1. The van der Waals surface area contributed by atoms with Crippen molar-refractivity contribution >= 4 is 11.7 Å².